The second-order valence-electron chi connectivity index (χ2n) is 8.50. The molecular formula is C26H29N5O. The molecule has 0 radical (unpaired) electrons. The van der Waals surface area contributed by atoms with E-state index in [1.165, 1.54) is 19.3 Å². The van der Waals surface area contributed by atoms with Gasteiger partial charge < -0.3 is 14.7 Å². The van der Waals surface area contributed by atoms with Crippen LogP contribution in [0.15, 0.2) is 67.0 Å². The molecule has 0 saturated carbocycles. The van der Waals surface area contributed by atoms with Gasteiger partial charge in [-0.15, -0.1) is 0 Å². The van der Waals surface area contributed by atoms with E-state index < -0.39 is 0 Å². The minimum Gasteiger partial charge on any atom is -0.356 e. The Hall–Kier alpha value is -3.41. The summed E-state index contributed by atoms with van der Waals surface area (Å²) in [5.41, 5.74) is 3.03. The summed E-state index contributed by atoms with van der Waals surface area (Å²) >= 11 is 0. The van der Waals surface area contributed by atoms with Crippen LogP contribution >= 0.6 is 0 Å². The number of nitrogens with zero attached hydrogens (tertiary/aromatic N) is 5. The zero-order chi connectivity index (χ0) is 21.8. The van der Waals surface area contributed by atoms with Gasteiger partial charge in [-0.05, 0) is 42.5 Å². The Morgan fingerprint density at radius 3 is 1.91 bits per heavy atom. The molecule has 1 aromatic heterocycles. The van der Waals surface area contributed by atoms with Crippen molar-refractivity contribution in [2.75, 3.05) is 49.1 Å². The van der Waals surface area contributed by atoms with Gasteiger partial charge in [-0.25, -0.2) is 9.97 Å². The van der Waals surface area contributed by atoms with Crippen molar-refractivity contribution in [1.82, 2.24) is 14.9 Å². The molecule has 0 aliphatic carbocycles. The highest BCUT2D eigenvalue weighted by atomic mass is 16.2. The van der Waals surface area contributed by atoms with Crippen molar-refractivity contribution in [2.45, 2.75) is 19.3 Å². The first kappa shape index (κ1) is 20.5. The molecule has 2 fully saturated rings. The van der Waals surface area contributed by atoms with Crippen LogP contribution in [-0.2, 0) is 0 Å². The van der Waals surface area contributed by atoms with Crippen molar-refractivity contribution in [3.63, 3.8) is 0 Å². The lowest BCUT2D eigenvalue weighted by Gasteiger charge is -2.36. The first-order valence-electron chi connectivity index (χ1n) is 11.5. The Morgan fingerprint density at radius 1 is 0.656 bits per heavy atom. The number of benzene rings is 2. The number of carbonyl (C=O) groups is 1. The Bertz CT molecular complexity index is 1040. The smallest absolute Gasteiger partial charge is 0.253 e. The maximum Gasteiger partial charge on any atom is 0.253 e. The van der Waals surface area contributed by atoms with E-state index in [1.54, 1.807) is 6.33 Å². The van der Waals surface area contributed by atoms with Gasteiger partial charge in [-0.3, -0.25) is 4.79 Å². The highest BCUT2D eigenvalue weighted by Gasteiger charge is 2.24. The summed E-state index contributed by atoms with van der Waals surface area (Å²) in [6.07, 6.45) is 5.43. The van der Waals surface area contributed by atoms with E-state index >= 15 is 0 Å². The quantitative estimate of drug-likeness (QED) is 0.628. The molecule has 6 heteroatoms. The summed E-state index contributed by atoms with van der Waals surface area (Å²) in [5, 5.41) is 0. The molecule has 2 aromatic carbocycles. The maximum absolute atomic E-state index is 13.0. The summed E-state index contributed by atoms with van der Waals surface area (Å²) in [4.78, 5) is 28.6. The minimum atomic E-state index is 0.0981. The number of amides is 1. The molecule has 0 spiro atoms. The van der Waals surface area contributed by atoms with Crippen LogP contribution in [0, 0.1) is 0 Å². The average molecular weight is 428 g/mol. The van der Waals surface area contributed by atoms with Crippen LogP contribution in [0.1, 0.15) is 29.6 Å². The third-order valence-corrected chi connectivity index (χ3v) is 6.45. The summed E-state index contributed by atoms with van der Waals surface area (Å²) in [5.74, 6) is 2.08. The second-order valence-corrected chi connectivity index (χ2v) is 8.50. The molecule has 6 nitrogen and oxygen atoms in total. The normalized spacial score (nSPS) is 16.8. The molecule has 3 aromatic rings. The van der Waals surface area contributed by atoms with Gasteiger partial charge >= 0.3 is 0 Å². The van der Waals surface area contributed by atoms with Gasteiger partial charge in [0.1, 0.15) is 18.0 Å². The van der Waals surface area contributed by atoms with Gasteiger partial charge in [-0.2, -0.15) is 0 Å². The predicted octanol–water partition coefficient (Wildman–Crippen LogP) is 4.10. The number of hydrogen-bond acceptors (Lipinski definition) is 5. The predicted molar refractivity (Wildman–Crippen MR) is 128 cm³/mol. The first-order valence-corrected chi connectivity index (χ1v) is 11.5. The largest absolute Gasteiger partial charge is 0.356 e. The third kappa shape index (κ3) is 4.44. The third-order valence-electron chi connectivity index (χ3n) is 6.45. The number of anilines is 2. The Labute approximate surface area is 189 Å². The first-order chi connectivity index (χ1) is 15.8. The van der Waals surface area contributed by atoms with E-state index in [-0.39, 0.29) is 5.91 Å². The van der Waals surface area contributed by atoms with Gasteiger partial charge in [0, 0.05) is 50.9 Å². The summed E-state index contributed by atoms with van der Waals surface area (Å²) in [7, 11) is 0. The number of rotatable bonds is 4. The van der Waals surface area contributed by atoms with Crippen LogP contribution in [0.5, 0.6) is 0 Å². The van der Waals surface area contributed by atoms with E-state index in [1.807, 2.05) is 47.4 Å². The topological polar surface area (TPSA) is 52.6 Å². The van der Waals surface area contributed by atoms with Crippen LogP contribution in [0.25, 0.3) is 11.1 Å². The average Bonchev–Trinajstić information content (AvgIpc) is 2.89. The van der Waals surface area contributed by atoms with Crippen LogP contribution in [-0.4, -0.2) is 60.0 Å². The van der Waals surface area contributed by atoms with Crippen molar-refractivity contribution < 1.29 is 4.79 Å². The lowest BCUT2D eigenvalue weighted by molar-refractivity contribution is 0.0746. The molecule has 2 aliphatic rings. The molecule has 2 saturated heterocycles. The Morgan fingerprint density at radius 2 is 1.25 bits per heavy atom. The molecule has 0 N–H and O–H groups in total. The fourth-order valence-electron chi connectivity index (χ4n) is 4.56. The maximum atomic E-state index is 13.0. The summed E-state index contributed by atoms with van der Waals surface area (Å²) < 4.78 is 0. The number of piperazine rings is 1. The number of aromatic nitrogens is 2. The Kier molecular flexibility index (Phi) is 6.01. The lowest BCUT2D eigenvalue weighted by atomic mass is 10.0. The minimum absolute atomic E-state index is 0.0981. The summed E-state index contributed by atoms with van der Waals surface area (Å²) in [6.45, 7) is 5.10. The fraction of sp³-hybridized carbons (Fsp3) is 0.346. The highest BCUT2D eigenvalue weighted by Crippen LogP contribution is 2.23. The van der Waals surface area contributed by atoms with Gasteiger partial charge in [0.15, 0.2) is 0 Å². The number of carbonyl (C=O) groups excluding carboxylic acids is 1. The zero-order valence-electron chi connectivity index (χ0n) is 18.4. The van der Waals surface area contributed by atoms with Crippen molar-refractivity contribution >= 4 is 17.5 Å². The van der Waals surface area contributed by atoms with Crippen molar-refractivity contribution in [1.29, 1.82) is 0 Å². The number of hydrogen-bond donors (Lipinski definition) is 0. The van der Waals surface area contributed by atoms with Crippen LogP contribution in [0.3, 0.4) is 0 Å². The zero-order valence-corrected chi connectivity index (χ0v) is 18.4. The molecule has 5 rings (SSSR count). The molecule has 0 atom stereocenters. The lowest BCUT2D eigenvalue weighted by Crippen LogP contribution is -2.49. The standard InChI is InChI=1S/C26H29N5O/c32-26(23-11-9-22(10-12-23)21-7-3-1-4-8-21)31-17-15-30(16-18-31)25-19-24(27-20-28-25)29-13-5-2-6-14-29/h1,3-4,7-12,19-20H,2,5-6,13-18H2. The fourth-order valence-corrected chi connectivity index (χ4v) is 4.56. The van der Waals surface area contributed by atoms with Crippen LogP contribution < -0.4 is 9.80 Å². The van der Waals surface area contributed by atoms with E-state index in [0.717, 1.165) is 54.5 Å². The number of piperidine rings is 1. The highest BCUT2D eigenvalue weighted by molar-refractivity contribution is 5.95. The molecule has 0 unspecified atom stereocenters. The van der Waals surface area contributed by atoms with E-state index in [2.05, 4.69) is 38.0 Å². The van der Waals surface area contributed by atoms with E-state index in [4.69, 9.17) is 0 Å². The molecule has 1 amide bonds. The molecule has 32 heavy (non-hydrogen) atoms. The van der Waals surface area contributed by atoms with E-state index in [0.29, 0.717) is 13.1 Å². The summed E-state index contributed by atoms with van der Waals surface area (Å²) in [6, 6.07) is 20.3. The van der Waals surface area contributed by atoms with Crippen LogP contribution in [0.4, 0.5) is 11.6 Å². The molecule has 2 aliphatic heterocycles. The monoisotopic (exact) mass is 427 g/mol. The molecule has 3 heterocycles. The Balaban J connectivity index is 1.21. The van der Waals surface area contributed by atoms with E-state index in [9.17, 15) is 4.79 Å². The van der Waals surface area contributed by atoms with Gasteiger partial charge in [0.2, 0.25) is 0 Å². The van der Waals surface area contributed by atoms with Crippen molar-refractivity contribution in [3.8, 4) is 11.1 Å². The SMILES string of the molecule is O=C(c1ccc(-c2ccccc2)cc1)N1CCN(c2cc(N3CCCCC3)ncn2)CC1. The molecule has 164 valence electrons. The molecular weight excluding hydrogens is 398 g/mol. The van der Waals surface area contributed by atoms with Gasteiger partial charge in [0.05, 0.1) is 0 Å². The van der Waals surface area contributed by atoms with Gasteiger partial charge in [-0.1, -0.05) is 42.5 Å². The van der Waals surface area contributed by atoms with Crippen molar-refractivity contribution in [2.24, 2.45) is 0 Å². The molecule has 0 bridgehead atoms. The van der Waals surface area contributed by atoms with Gasteiger partial charge in [0.25, 0.3) is 5.91 Å². The second kappa shape index (κ2) is 9.39. The van der Waals surface area contributed by atoms with Crippen molar-refractivity contribution in [3.05, 3.63) is 72.6 Å². The van der Waals surface area contributed by atoms with Crippen LogP contribution in [0.2, 0.25) is 0 Å².